The maximum absolute atomic E-state index is 13.3. The van der Waals surface area contributed by atoms with Crippen LogP contribution < -0.4 is 5.43 Å². The average molecular weight is 558 g/mol. The molecule has 4 rings (SSSR count). The van der Waals surface area contributed by atoms with Crippen molar-refractivity contribution in [2.75, 3.05) is 19.7 Å². The highest BCUT2D eigenvalue weighted by Gasteiger charge is 2.26. The summed E-state index contributed by atoms with van der Waals surface area (Å²) in [5.74, 6) is 5.33. The molecule has 1 fully saturated rings. The van der Waals surface area contributed by atoms with Crippen LogP contribution in [0.25, 0.3) is 16.9 Å². The summed E-state index contributed by atoms with van der Waals surface area (Å²) in [7, 11) is 0. The molecule has 1 aliphatic rings. The monoisotopic (exact) mass is 557 g/mol. The van der Waals surface area contributed by atoms with Crippen molar-refractivity contribution in [2.45, 2.75) is 32.3 Å². The van der Waals surface area contributed by atoms with Crippen molar-refractivity contribution in [2.24, 2.45) is 0 Å². The molecular weight excluding hydrogens is 533 g/mol. The van der Waals surface area contributed by atoms with Gasteiger partial charge >= 0.3 is 0 Å². The first kappa shape index (κ1) is 27.4. The molecule has 2 aromatic carbocycles. The van der Waals surface area contributed by atoms with Crippen LogP contribution in [0.2, 0.25) is 10.0 Å². The predicted molar refractivity (Wildman–Crippen MR) is 142 cm³/mol. The Labute approximate surface area is 229 Å². The Hall–Kier alpha value is -3.62. The lowest BCUT2D eigenvalue weighted by Crippen LogP contribution is -2.45. The lowest BCUT2D eigenvalue weighted by atomic mass is 10.0. The van der Waals surface area contributed by atoms with Crippen LogP contribution in [-0.2, 0) is 11.4 Å². The van der Waals surface area contributed by atoms with E-state index in [-0.39, 0.29) is 18.7 Å². The maximum atomic E-state index is 13.3. The summed E-state index contributed by atoms with van der Waals surface area (Å²) in [4.78, 5) is 27.8. The SMILES string of the molecule is O=C(NN1CCCCC1)c1nn(-c2ccc(Cl)cc2Cl)c(-c2ccc(C#CCCO[N+](=O)[O-])cc2)c1CO. The number of carbonyl (C=O) groups is 1. The Morgan fingerprint density at radius 3 is 2.55 bits per heavy atom. The molecule has 198 valence electrons. The molecule has 0 aliphatic carbocycles. The number of carbonyl (C=O) groups excluding carboxylic acids is 1. The second kappa shape index (κ2) is 12.8. The van der Waals surface area contributed by atoms with Gasteiger partial charge in [0.05, 0.1) is 23.0 Å². The molecule has 38 heavy (non-hydrogen) atoms. The number of nitrogens with one attached hydrogen (secondary N) is 1. The lowest BCUT2D eigenvalue weighted by Gasteiger charge is -2.26. The molecule has 2 heterocycles. The minimum atomic E-state index is -0.855. The molecule has 1 saturated heterocycles. The number of halogens is 2. The third-order valence-electron chi connectivity index (χ3n) is 5.93. The van der Waals surface area contributed by atoms with Crippen molar-refractivity contribution in [1.29, 1.82) is 0 Å². The van der Waals surface area contributed by atoms with Gasteiger partial charge in [0.25, 0.3) is 11.0 Å². The van der Waals surface area contributed by atoms with E-state index in [4.69, 9.17) is 23.2 Å². The predicted octanol–water partition coefficient (Wildman–Crippen LogP) is 4.42. The number of piperidine rings is 1. The molecule has 12 heteroatoms. The fourth-order valence-electron chi connectivity index (χ4n) is 4.16. The first-order valence-electron chi connectivity index (χ1n) is 12.0. The van der Waals surface area contributed by atoms with Gasteiger partial charge in [-0.05, 0) is 43.2 Å². The van der Waals surface area contributed by atoms with Gasteiger partial charge in [-0.3, -0.25) is 10.2 Å². The summed E-state index contributed by atoms with van der Waals surface area (Å²) in [6.45, 7) is 0.956. The van der Waals surface area contributed by atoms with Gasteiger partial charge in [0.15, 0.2) is 5.69 Å². The molecule has 10 nitrogen and oxygen atoms in total. The zero-order valence-electron chi connectivity index (χ0n) is 20.3. The van der Waals surface area contributed by atoms with Gasteiger partial charge in [-0.2, -0.15) is 5.10 Å². The standard InChI is InChI=1S/C26H25Cl2N5O5/c27-20-11-12-23(22(28)16-20)32-25(19-9-7-18(8-10-19)6-2-5-15-38-33(36)37)21(17-34)24(29-32)26(35)30-31-13-3-1-4-14-31/h7-12,16,34H,1,3-5,13-15,17H2,(H,30,35). The van der Waals surface area contributed by atoms with Crippen LogP contribution in [-0.4, -0.2) is 50.6 Å². The number of nitrogens with zero attached hydrogens (tertiary/aromatic N) is 4. The minimum Gasteiger partial charge on any atom is -0.392 e. The number of aliphatic hydroxyl groups is 1. The van der Waals surface area contributed by atoms with Crippen LogP contribution in [0.15, 0.2) is 42.5 Å². The van der Waals surface area contributed by atoms with E-state index in [1.165, 1.54) is 4.68 Å². The van der Waals surface area contributed by atoms with E-state index in [0.29, 0.717) is 38.1 Å². The summed E-state index contributed by atoms with van der Waals surface area (Å²) in [6.07, 6.45) is 3.31. The largest absolute Gasteiger partial charge is 0.392 e. The molecule has 1 amide bonds. The first-order chi connectivity index (χ1) is 18.4. The highest BCUT2D eigenvalue weighted by atomic mass is 35.5. The number of rotatable bonds is 8. The van der Waals surface area contributed by atoms with Gasteiger partial charge in [0, 0.05) is 41.2 Å². The molecule has 0 atom stereocenters. The molecule has 0 saturated carbocycles. The average Bonchev–Trinajstić information content (AvgIpc) is 3.29. The van der Waals surface area contributed by atoms with Crippen molar-refractivity contribution in [3.63, 3.8) is 0 Å². The zero-order valence-corrected chi connectivity index (χ0v) is 21.8. The molecule has 1 aromatic heterocycles. The third-order valence-corrected chi connectivity index (χ3v) is 6.46. The number of hydrazine groups is 1. The summed E-state index contributed by atoms with van der Waals surface area (Å²) in [5.41, 5.74) is 5.69. The Balaban J connectivity index is 1.71. The van der Waals surface area contributed by atoms with Gasteiger partial charge in [-0.25, -0.2) is 9.69 Å². The van der Waals surface area contributed by atoms with E-state index in [9.17, 15) is 20.0 Å². The molecule has 0 bridgehead atoms. The lowest BCUT2D eigenvalue weighted by molar-refractivity contribution is -0.757. The Morgan fingerprint density at radius 1 is 1.16 bits per heavy atom. The van der Waals surface area contributed by atoms with Crippen LogP contribution in [0.3, 0.4) is 0 Å². The maximum Gasteiger partial charge on any atom is 0.294 e. The number of aromatic nitrogens is 2. The van der Waals surface area contributed by atoms with Crippen molar-refractivity contribution in [3.8, 4) is 28.8 Å². The van der Waals surface area contributed by atoms with Crippen molar-refractivity contribution >= 4 is 29.1 Å². The Bertz CT molecular complexity index is 1380. The quantitative estimate of drug-likeness (QED) is 0.182. The molecule has 0 spiro atoms. The fraction of sp³-hybridized carbons (Fsp3) is 0.308. The van der Waals surface area contributed by atoms with Crippen LogP contribution in [0.5, 0.6) is 0 Å². The second-order valence-electron chi connectivity index (χ2n) is 8.52. The van der Waals surface area contributed by atoms with Crippen molar-refractivity contribution in [1.82, 2.24) is 20.2 Å². The summed E-state index contributed by atoms with van der Waals surface area (Å²) >= 11 is 12.6. The minimum absolute atomic E-state index is 0.0914. The van der Waals surface area contributed by atoms with Crippen LogP contribution in [0.1, 0.15) is 47.3 Å². The van der Waals surface area contributed by atoms with Crippen molar-refractivity contribution in [3.05, 3.63) is 79.4 Å². The Kier molecular flexibility index (Phi) is 9.20. The molecule has 1 aliphatic heterocycles. The highest BCUT2D eigenvalue weighted by Crippen LogP contribution is 2.33. The first-order valence-corrected chi connectivity index (χ1v) is 12.7. The molecule has 3 aromatic rings. The number of aliphatic hydroxyl groups excluding tert-OH is 1. The summed E-state index contributed by atoms with van der Waals surface area (Å²) in [6, 6.07) is 12.1. The van der Waals surface area contributed by atoms with Gasteiger partial charge in [-0.15, -0.1) is 10.1 Å². The highest BCUT2D eigenvalue weighted by molar-refractivity contribution is 6.35. The molecule has 0 radical (unpaired) electrons. The van der Waals surface area contributed by atoms with Gasteiger partial charge in [-0.1, -0.05) is 53.6 Å². The fourth-order valence-corrected chi connectivity index (χ4v) is 4.64. The van der Waals surface area contributed by atoms with Crippen LogP contribution in [0.4, 0.5) is 0 Å². The topological polar surface area (TPSA) is 123 Å². The number of hydrogen-bond donors (Lipinski definition) is 2. The van der Waals surface area contributed by atoms with E-state index in [2.05, 4.69) is 27.2 Å². The van der Waals surface area contributed by atoms with Gasteiger partial charge in [0.2, 0.25) is 0 Å². The number of hydrogen-bond acceptors (Lipinski definition) is 7. The van der Waals surface area contributed by atoms with E-state index >= 15 is 0 Å². The second-order valence-corrected chi connectivity index (χ2v) is 9.36. The summed E-state index contributed by atoms with van der Waals surface area (Å²) < 4.78 is 1.53. The van der Waals surface area contributed by atoms with Gasteiger partial charge in [0.1, 0.15) is 6.61 Å². The van der Waals surface area contributed by atoms with Gasteiger partial charge < -0.3 is 9.94 Å². The van der Waals surface area contributed by atoms with Crippen molar-refractivity contribution < 1.29 is 19.8 Å². The normalized spacial score (nSPS) is 13.4. The number of amides is 1. The van der Waals surface area contributed by atoms with Crippen LogP contribution >= 0.6 is 23.2 Å². The smallest absolute Gasteiger partial charge is 0.294 e. The van der Waals surface area contributed by atoms with Crippen LogP contribution in [0, 0.1) is 22.0 Å². The molecule has 0 unspecified atom stereocenters. The van der Waals surface area contributed by atoms with E-state index in [1.807, 2.05) is 5.01 Å². The third kappa shape index (κ3) is 6.62. The van der Waals surface area contributed by atoms with E-state index in [1.54, 1.807) is 42.5 Å². The van der Waals surface area contributed by atoms with E-state index in [0.717, 1.165) is 32.4 Å². The zero-order chi connectivity index (χ0) is 27.1. The molecular formula is C26H25Cl2N5O5. The van der Waals surface area contributed by atoms with E-state index < -0.39 is 17.6 Å². The Morgan fingerprint density at radius 2 is 1.89 bits per heavy atom. The summed E-state index contributed by atoms with van der Waals surface area (Å²) in [5, 5.41) is 27.0. The molecule has 2 N–H and O–H groups in total. The number of benzene rings is 2.